The van der Waals surface area contributed by atoms with Gasteiger partial charge in [0.1, 0.15) is 5.69 Å². The average Bonchev–Trinajstić information content (AvgIpc) is 2.97. The first kappa shape index (κ1) is 19.1. The van der Waals surface area contributed by atoms with E-state index in [1.165, 1.54) is 0 Å². The van der Waals surface area contributed by atoms with Crippen LogP contribution in [0.2, 0.25) is 0 Å². The summed E-state index contributed by atoms with van der Waals surface area (Å²) in [6, 6.07) is 11.3. The highest BCUT2D eigenvalue weighted by molar-refractivity contribution is 6.04. The van der Waals surface area contributed by atoms with E-state index in [9.17, 15) is 9.59 Å². The van der Waals surface area contributed by atoms with Crippen LogP contribution in [0, 0.1) is 0 Å². The molecule has 150 valence electrons. The number of hydrogen-bond acceptors (Lipinski definition) is 4. The Kier molecular flexibility index (Phi) is 5.07. The molecule has 0 spiro atoms. The molecule has 3 aromatic rings. The summed E-state index contributed by atoms with van der Waals surface area (Å²) in [5.74, 6) is -0.260. The van der Waals surface area contributed by atoms with E-state index in [1.807, 2.05) is 62.0 Å². The van der Waals surface area contributed by atoms with Crippen LogP contribution in [0.3, 0.4) is 0 Å². The summed E-state index contributed by atoms with van der Waals surface area (Å²) in [7, 11) is 1.84. The Morgan fingerprint density at radius 3 is 2.72 bits per heavy atom. The number of para-hydroxylation sites is 1. The summed E-state index contributed by atoms with van der Waals surface area (Å²) < 4.78 is 3.40. The third kappa shape index (κ3) is 3.49. The molecule has 2 N–H and O–H groups in total. The molecule has 0 unspecified atom stereocenters. The molecule has 0 bridgehead atoms. The summed E-state index contributed by atoms with van der Waals surface area (Å²) in [5, 5.41) is 6.14. The van der Waals surface area contributed by atoms with Crippen molar-refractivity contribution in [3.05, 3.63) is 75.5 Å². The highest BCUT2D eigenvalue weighted by Crippen LogP contribution is 2.24. The highest BCUT2D eigenvalue weighted by atomic mass is 16.2. The van der Waals surface area contributed by atoms with Crippen molar-refractivity contribution in [2.75, 3.05) is 11.9 Å². The molecule has 7 heteroatoms. The van der Waals surface area contributed by atoms with Crippen molar-refractivity contribution in [1.29, 1.82) is 0 Å². The molecule has 1 aliphatic heterocycles. The Hall–Kier alpha value is -3.19. The van der Waals surface area contributed by atoms with Crippen molar-refractivity contribution in [3.8, 4) is 5.69 Å². The van der Waals surface area contributed by atoms with Crippen LogP contribution >= 0.6 is 0 Å². The molecule has 4 rings (SSSR count). The lowest BCUT2D eigenvalue weighted by Gasteiger charge is -2.16. The minimum absolute atomic E-state index is 0.0562. The number of anilines is 1. The number of hydrogen-bond donors (Lipinski definition) is 2. The molecule has 0 radical (unpaired) electrons. The number of aromatic nitrogens is 3. The van der Waals surface area contributed by atoms with E-state index in [-0.39, 0.29) is 17.4 Å². The predicted octanol–water partition coefficient (Wildman–Crippen LogP) is 2.59. The summed E-state index contributed by atoms with van der Waals surface area (Å²) in [4.78, 5) is 30.6. The van der Waals surface area contributed by atoms with Gasteiger partial charge in [-0.25, -0.2) is 4.68 Å². The van der Waals surface area contributed by atoms with E-state index < -0.39 is 0 Å². The van der Waals surface area contributed by atoms with Gasteiger partial charge < -0.3 is 10.6 Å². The Labute approximate surface area is 169 Å². The topological polar surface area (TPSA) is 81.0 Å². The van der Waals surface area contributed by atoms with Crippen LogP contribution in [0.1, 0.15) is 47.1 Å². The molecule has 7 nitrogen and oxygen atoms in total. The number of amides is 1. The first-order valence-electron chi connectivity index (χ1n) is 9.84. The molecule has 29 heavy (non-hydrogen) atoms. The Bertz CT molecular complexity index is 1110. The monoisotopic (exact) mass is 391 g/mol. The van der Waals surface area contributed by atoms with Gasteiger partial charge in [-0.15, -0.1) is 0 Å². The first-order chi connectivity index (χ1) is 14.0. The summed E-state index contributed by atoms with van der Waals surface area (Å²) in [5.41, 5.74) is 4.13. The molecular weight excluding hydrogens is 366 g/mol. The zero-order valence-electron chi connectivity index (χ0n) is 16.9. The average molecular weight is 391 g/mol. The van der Waals surface area contributed by atoms with Crippen LogP contribution < -0.4 is 16.2 Å². The number of nitrogens with zero attached hydrogens (tertiary/aromatic N) is 3. The van der Waals surface area contributed by atoms with Crippen LogP contribution in [-0.4, -0.2) is 26.8 Å². The minimum atomic E-state index is -0.316. The van der Waals surface area contributed by atoms with Crippen molar-refractivity contribution >= 4 is 11.6 Å². The van der Waals surface area contributed by atoms with Crippen LogP contribution in [0.5, 0.6) is 0 Å². The van der Waals surface area contributed by atoms with Crippen molar-refractivity contribution in [3.63, 3.8) is 0 Å². The molecular formula is C22H25N5O2. The SMILES string of the molecule is CC(C)c1c(NC(=O)c2cnc3c(c2)CCNC3)c(=O)n(-c2ccccc2)n1C. The second kappa shape index (κ2) is 7.67. The first-order valence-corrected chi connectivity index (χ1v) is 9.84. The summed E-state index contributed by atoms with van der Waals surface area (Å²) in [6.07, 6.45) is 2.42. The van der Waals surface area contributed by atoms with Crippen molar-refractivity contribution in [2.45, 2.75) is 32.7 Å². The van der Waals surface area contributed by atoms with E-state index in [0.29, 0.717) is 11.3 Å². The van der Waals surface area contributed by atoms with Gasteiger partial charge >= 0.3 is 0 Å². The quantitative estimate of drug-likeness (QED) is 0.716. The van der Waals surface area contributed by atoms with Gasteiger partial charge in [0.15, 0.2) is 0 Å². The number of carbonyl (C=O) groups is 1. The van der Waals surface area contributed by atoms with Gasteiger partial charge in [-0.1, -0.05) is 32.0 Å². The third-order valence-corrected chi connectivity index (χ3v) is 5.28. The zero-order chi connectivity index (χ0) is 20.5. The van der Waals surface area contributed by atoms with Gasteiger partial charge in [0.2, 0.25) is 0 Å². The second-order valence-corrected chi connectivity index (χ2v) is 7.60. The number of carbonyl (C=O) groups excluding carboxylic acids is 1. The van der Waals surface area contributed by atoms with Gasteiger partial charge in [-0.2, -0.15) is 0 Å². The third-order valence-electron chi connectivity index (χ3n) is 5.28. The molecule has 0 aliphatic carbocycles. The molecule has 1 amide bonds. The molecule has 1 aliphatic rings. The molecule has 2 aromatic heterocycles. The van der Waals surface area contributed by atoms with Crippen LogP contribution in [0.4, 0.5) is 5.69 Å². The highest BCUT2D eigenvalue weighted by Gasteiger charge is 2.24. The van der Waals surface area contributed by atoms with Crippen molar-refractivity contribution in [2.24, 2.45) is 7.05 Å². The van der Waals surface area contributed by atoms with Crippen LogP contribution in [0.25, 0.3) is 5.69 Å². The molecule has 1 aromatic carbocycles. The van der Waals surface area contributed by atoms with Gasteiger partial charge in [-0.3, -0.25) is 19.3 Å². The number of nitrogens with one attached hydrogen (secondary N) is 2. The lowest BCUT2D eigenvalue weighted by Crippen LogP contribution is -2.26. The zero-order valence-corrected chi connectivity index (χ0v) is 16.9. The number of fused-ring (bicyclic) bond motifs is 1. The Morgan fingerprint density at radius 1 is 1.24 bits per heavy atom. The van der Waals surface area contributed by atoms with Gasteiger partial charge in [-0.05, 0) is 42.6 Å². The van der Waals surface area contributed by atoms with E-state index in [0.717, 1.165) is 42.1 Å². The summed E-state index contributed by atoms with van der Waals surface area (Å²) >= 11 is 0. The molecule has 3 heterocycles. The molecule has 0 fully saturated rings. The van der Waals surface area contributed by atoms with Gasteiger partial charge in [0.05, 0.1) is 22.6 Å². The summed E-state index contributed by atoms with van der Waals surface area (Å²) in [6.45, 7) is 5.60. The largest absolute Gasteiger partial charge is 0.316 e. The smallest absolute Gasteiger partial charge is 0.295 e. The van der Waals surface area contributed by atoms with Gasteiger partial charge in [0.25, 0.3) is 11.5 Å². The lowest BCUT2D eigenvalue weighted by molar-refractivity contribution is 0.102. The van der Waals surface area contributed by atoms with E-state index >= 15 is 0 Å². The predicted molar refractivity (Wildman–Crippen MR) is 113 cm³/mol. The van der Waals surface area contributed by atoms with Crippen molar-refractivity contribution in [1.82, 2.24) is 19.7 Å². The maximum absolute atomic E-state index is 13.2. The minimum Gasteiger partial charge on any atom is -0.316 e. The standard InChI is InChI=1S/C22H25N5O2/c1-14(2)20-19(22(29)27(26(20)3)17-7-5-4-6-8-17)25-21(28)16-11-15-9-10-23-13-18(15)24-12-16/h4-8,11-12,14,23H,9-10,13H2,1-3H3,(H,25,28). The van der Waals surface area contributed by atoms with Crippen LogP contribution in [-0.2, 0) is 20.0 Å². The number of pyridine rings is 1. The van der Waals surface area contributed by atoms with E-state index in [4.69, 9.17) is 0 Å². The Balaban J connectivity index is 1.73. The molecule has 0 saturated carbocycles. The van der Waals surface area contributed by atoms with Gasteiger partial charge in [0, 0.05) is 19.8 Å². The second-order valence-electron chi connectivity index (χ2n) is 7.60. The maximum Gasteiger partial charge on any atom is 0.295 e. The lowest BCUT2D eigenvalue weighted by atomic mass is 10.0. The maximum atomic E-state index is 13.2. The Morgan fingerprint density at radius 2 is 2.00 bits per heavy atom. The number of benzene rings is 1. The van der Waals surface area contributed by atoms with E-state index in [1.54, 1.807) is 10.9 Å². The number of rotatable bonds is 4. The normalized spacial score (nSPS) is 13.4. The van der Waals surface area contributed by atoms with Crippen molar-refractivity contribution < 1.29 is 4.79 Å². The van der Waals surface area contributed by atoms with Crippen LogP contribution in [0.15, 0.2) is 47.4 Å². The fraction of sp³-hybridized carbons (Fsp3) is 0.318. The van der Waals surface area contributed by atoms with E-state index in [2.05, 4.69) is 15.6 Å². The molecule has 0 atom stereocenters. The molecule has 0 saturated heterocycles. The fourth-order valence-electron chi connectivity index (χ4n) is 3.91. The fourth-order valence-corrected chi connectivity index (χ4v) is 3.91.